The van der Waals surface area contributed by atoms with Crippen molar-refractivity contribution in [2.24, 2.45) is 0 Å². The second-order valence-corrected chi connectivity index (χ2v) is 5.64. The SMILES string of the molecule is CCSCCC(C)Nc1cn[nH]c(=O)c1Br. The lowest BCUT2D eigenvalue weighted by molar-refractivity contribution is 0.767. The molecule has 1 rings (SSSR count). The molecule has 2 N–H and O–H groups in total. The van der Waals surface area contributed by atoms with Gasteiger partial charge in [0.2, 0.25) is 0 Å². The molecule has 0 fully saturated rings. The van der Waals surface area contributed by atoms with Crippen molar-refractivity contribution >= 4 is 33.4 Å². The molecule has 16 heavy (non-hydrogen) atoms. The molecule has 1 heterocycles. The van der Waals surface area contributed by atoms with Crippen LogP contribution in [0.15, 0.2) is 15.5 Å². The van der Waals surface area contributed by atoms with Gasteiger partial charge >= 0.3 is 0 Å². The number of halogens is 1. The molecule has 0 radical (unpaired) electrons. The summed E-state index contributed by atoms with van der Waals surface area (Å²) in [6.45, 7) is 4.25. The van der Waals surface area contributed by atoms with E-state index in [0.717, 1.165) is 23.6 Å². The Labute approximate surface area is 108 Å². The Hall–Kier alpha value is -0.490. The van der Waals surface area contributed by atoms with Crippen LogP contribution in [0.4, 0.5) is 5.69 Å². The fourth-order valence-electron chi connectivity index (χ4n) is 1.23. The highest BCUT2D eigenvalue weighted by molar-refractivity contribution is 9.10. The van der Waals surface area contributed by atoms with Crippen LogP contribution in [0.1, 0.15) is 20.3 Å². The fraction of sp³-hybridized carbons (Fsp3) is 0.600. The van der Waals surface area contributed by atoms with Crippen LogP contribution in [-0.2, 0) is 0 Å². The minimum absolute atomic E-state index is 0.208. The summed E-state index contributed by atoms with van der Waals surface area (Å²) in [6.07, 6.45) is 2.69. The average Bonchev–Trinajstić information content (AvgIpc) is 2.25. The molecular weight excluding hydrogens is 290 g/mol. The summed E-state index contributed by atoms with van der Waals surface area (Å²) in [4.78, 5) is 11.3. The predicted molar refractivity (Wildman–Crippen MR) is 73.3 cm³/mol. The average molecular weight is 306 g/mol. The lowest BCUT2D eigenvalue weighted by Crippen LogP contribution is -2.19. The molecule has 0 spiro atoms. The van der Waals surface area contributed by atoms with E-state index in [0.29, 0.717) is 10.5 Å². The topological polar surface area (TPSA) is 57.8 Å². The van der Waals surface area contributed by atoms with Crippen LogP contribution in [0.2, 0.25) is 0 Å². The molecule has 0 aliphatic rings. The van der Waals surface area contributed by atoms with E-state index < -0.39 is 0 Å². The van der Waals surface area contributed by atoms with Gasteiger partial charge in [-0.1, -0.05) is 6.92 Å². The number of hydrogen-bond donors (Lipinski definition) is 2. The Morgan fingerprint density at radius 2 is 2.44 bits per heavy atom. The summed E-state index contributed by atoms with van der Waals surface area (Å²) in [6, 6.07) is 0.332. The van der Waals surface area contributed by atoms with Crippen molar-refractivity contribution in [2.75, 3.05) is 16.8 Å². The van der Waals surface area contributed by atoms with Crippen molar-refractivity contribution in [3.05, 3.63) is 21.0 Å². The van der Waals surface area contributed by atoms with Gasteiger partial charge in [0, 0.05) is 6.04 Å². The van der Waals surface area contributed by atoms with Crippen LogP contribution in [0.5, 0.6) is 0 Å². The predicted octanol–water partition coefficient (Wildman–Crippen LogP) is 2.48. The van der Waals surface area contributed by atoms with Crippen molar-refractivity contribution in [2.45, 2.75) is 26.3 Å². The summed E-state index contributed by atoms with van der Waals surface area (Å²) in [5.41, 5.74) is 0.540. The van der Waals surface area contributed by atoms with E-state index in [1.807, 2.05) is 11.8 Å². The van der Waals surface area contributed by atoms with E-state index in [-0.39, 0.29) is 5.56 Å². The smallest absolute Gasteiger partial charge is 0.280 e. The number of hydrogen-bond acceptors (Lipinski definition) is 4. The number of nitrogens with one attached hydrogen (secondary N) is 2. The molecule has 0 saturated carbocycles. The second-order valence-electron chi connectivity index (χ2n) is 3.46. The normalized spacial score (nSPS) is 12.4. The third-order valence-corrected chi connectivity index (χ3v) is 3.82. The first-order valence-electron chi connectivity index (χ1n) is 5.22. The van der Waals surface area contributed by atoms with Gasteiger partial charge in [-0.25, -0.2) is 5.10 Å². The van der Waals surface area contributed by atoms with Crippen LogP contribution < -0.4 is 10.9 Å². The zero-order valence-corrected chi connectivity index (χ0v) is 11.8. The Balaban J connectivity index is 2.52. The Bertz CT molecular complexity index is 383. The van der Waals surface area contributed by atoms with E-state index in [2.05, 4.69) is 45.3 Å². The number of thioether (sulfide) groups is 1. The Morgan fingerprint density at radius 1 is 1.69 bits per heavy atom. The van der Waals surface area contributed by atoms with Gasteiger partial charge in [-0.2, -0.15) is 16.9 Å². The van der Waals surface area contributed by atoms with E-state index in [1.54, 1.807) is 6.20 Å². The van der Waals surface area contributed by atoms with Crippen LogP contribution in [0, 0.1) is 0 Å². The van der Waals surface area contributed by atoms with Gasteiger partial charge in [-0.3, -0.25) is 4.79 Å². The third-order valence-electron chi connectivity index (χ3n) is 2.10. The molecule has 1 aromatic heterocycles. The van der Waals surface area contributed by atoms with Crippen molar-refractivity contribution in [3.63, 3.8) is 0 Å². The quantitative estimate of drug-likeness (QED) is 0.793. The summed E-state index contributed by atoms with van der Waals surface area (Å²) in [7, 11) is 0. The second kappa shape index (κ2) is 6.96. The first kappa shape index (κ1) is 13.6. The minimum atomic E-state index is -0.208. The molecule has 0 aliphatic carbocycles. The lowest BCUT2D eigenvalue weighted by atomic mass is 10.2. The zero-order chi connectivity index (χ0) is 12.0. The van der Waals surface area contributed by atoms with Crippen LogP contribution in [0.25, 0.3) is 0 Å². The summed E-state index contributed by atoms with van der Waals surface area (Å²) < 4.78 is 0.512. The van der Waals surface area contributed by atoms with E-state index in [9.17, 15) is 4.79 Å². The molecule has 90 valence electrons. The van der Waals surface area contributed by atoms with E-state index >= 15 is 0 Å². The van der Waals surface area contributed by atoms with Gasteiger partial charge in [0.1, 0.15) is 4.47 Å². The van der Waals surface area contributed by atoms with Gasteiger partial charge in [-0.15, -0.1) is 0 Å². The van der Waals surface area contributed by atoms with Gasteiger partial charge < -0.3 is 5.32 Å². The number of rotatable bonds is 6. The molecule has 4 nitrogen and oxygen atoms in total. The number of H-pyrrole nitrogens is 1. The van der Waals surface area contributed by atoms with Gasteiger partial charge in [0.15, 0.2) is 0 Å². The van der Waals surface area contributed by atoms with Crippen molar-refractivity contribution in [3.8, 4) is 0 Å². The summed E-state index contributed by atoms with van der Waals surface area (Å²) >= 11 is 5.16. The van der Waals surface area contributed by atoms with Crippen LogP contribution >= 0.6 is 27.7 Å². The molecule has 1 aromatic rings. The first-order chi connectivity index (χ1) is 7.65. The maximum Gasteiger partial charge on any atom is 0.280 e. The molecule has 0 aromatic carbocycles. The standard InChI is InChI=1S/C10H16BrN3OS/c1-3-16-5-4-7(2)13-8-6-12-14-10(15)9(8)11/h6-7H,3-5H2,1-2H3,(H2,13,14,15). The first-order valence-corrected chi connectivity index (χ1v) is 7.17. The maximum atomic E-state index is 11.3. The number of anilines is 1. The molecule has 1 unspecified atom stereocenters. The van der Waals surface area contributed by atoms with Crippen LogP contribution in [-0.4, -0.2) is 27.7 Å². The highest BCUT2D eigenvalue weighted by Crippen LogP contribution is 2.17. The summed E-state index contributed by atoms with van der Waals surface area (Å²) in [5.74, 6) is 2.27. The lowest BCUT2D eigenvalue weighted by Gasteiger charge is -2.15. The van der Waals surface area contributed by atoms with Crippen LogP contribution in [0.3, 0.4) is 0 Å². The third kappa shape index (κ3) is 4.17. The van der Waals surface area contributed by atoms with Gasteiger partial charge in [0.25, 0.3) is 5.56 Å². The van der Waals surface area contributed by atoms with Gasteiger partial charge in [0.05, 0.1) is 11.9 Å². The number of aromatic nitrogens is 2. The highest BCUT2D eigenvalue weighted by atomic mass is 79.9. The maximum absolute atomic E-state index is 11.3. The van der Waals surface area contributed by atoms with Crippen molar-refractivity contribution < 1.29 is 0 Å². The molecule has 0 saturated heterocycles. The fourth-order valence-corrected chi connectivity index (χ4v) is 2.34. The molecule has 1 atom stereocenters. The Kier molecular flexibility index (Phi) is 5.90. The van der Waals surface area contributed by atoms with Crippen molar-refractivity contribution in [1.82, 2.24) is 10.2 Å². The minimum Gasteiger partial charge on any atom is -0.380 e. The van der Waals surface area contributed by atoms with E-state index in [1.165, 1.54) is 0 Å². The van der Waals surface area contributed by atoms with Crippen molar-refractivity contribution in [1.29, 1.82) is 0 Å². The number of aromatic amines is 1. The largest absolute Gasteiger partial charge is 0.380 e. The Morgan fingerprint density at radius 3 is 3.12 bits per heavy atom. The molecule has 0 amide bonds. The highest BCUT2D eigenvalue weighted by Gasteiger charge is 2.07. The number of nitrogens with zero attached hydrogens (tertiary/aromatic N) is 1. The molecule has 6 heteroatoms. The monoisotopic (exact) mass is 305 g/mol. The molecule has 0 bridgehead atoms. The molecule has 0 aliphatic heterocycles. The van der Waals surface area contributed by atoms with E-state index in [4.69, 9.17) is 0 Å². The zero-order valence-electron chi connectivity index (χ0n) is 9.42. The van der Waals surface area contributed by atoms with Gasteiger partial charge in [-0.05, 0) is 40.8 Å². The summed E-state index contributed by atoms with van der Waals surface area (Å²) in [5, 5.41) is 9.40. The molecular formula is C10H16BrN3OS.